The molecule has 4 heteroatoms. The molecule has 0 radical (unpaired) electrons. The van der Waals surface area contributed by atoms with E-state index in [0.29, 0.717) is 23.6 Å². The Hall–Kier alpha value is -2.02. The summed E-state index contributed by atoms with van der Waals surface area (Å²) in [6.45, 7) is 2.37. The van der Waals surface area contributed by atoms with Crippen LogP contribution in [-0.2, 0) is 13.0 Å². The van der Waals surface area contributed by atoms with Crippen LogP contribution in [0.1, 0.15) is 23.6 Å². The van der Waals surface area contributed by atoms with Crippen molar-refractivity contribution in [3.8, 4) is 11.8 Å². The highest BCUT2D eigenvalue weighted by molar-refractivity contribution is 6.31. The number of ether oxygens (including phenoxy) is 1. The van der Waals surface area contributed by atoms with E-state index in [-0.39, 0.29) is 6.04 Å². The molecule has 1 atom stereocenters. The van der Waals surface area contributed by atoms with Crippen LogP contribution in [0.5, 0.6) is 5.75 Å². The van der Waals surface area contributed by atoms with Crippen molar-refractivity contribution in [1.82, 2.24) is 0 Å². The van der Waals surface area contributed by atoms with E-state index in [1.165, 1.54) is 0 Å². The molecule has 0 bridgehead atoms. The average Bonchev–Trinajstić information content (AvgIpc) is 2.48. The topological polar surface area (TPSA) is 59.0 Å². The van der Waals surface area contributed by atoms with Gasteiger partial charge in [-0.2, -0.15) is 5.26 Å². The Labute approximate surface area is 129 Å². The van der Waals surface area contributed by atoms with Gasteiger partial charge < -0.3 is 10.5 Å². The SMILES string of the molecule is CC(N)Cc1c(Cl)cccc1OCc1ccc(C#N)cc1. The molecule has 0 heterocycles. The van der Waals surface area contributed by atoms with E-state index in [2.05, 4.69) is 6.07 Å². The minimum atomic E-state index is 0.0159. The first-order valence-corrected chi connectivity index (χ1v) is 7.12. The van der Waals surface area contributed by atoms with Crippen molar-refractivity contribution in [2.24, 2.45) is 5.73 Å². The number of benzene rings is 2. The lowest BCUT2D eigenvalue weighted by atomic mass is 10.1. The zero-order chi connectivity index (χ0) is 15.2. The van der Waals surface area contributed by atoms with E-state index in [0.717, 1.165) is 16.9 Å². The number of rotatable bonds is 5. The zero-order valence-corrected chi connectivity index (χ0v) is 12.6. The van der Waals surface area contributed by atoms with Gasteiger partial charge in [0.15, 0.2) is 0 Å². The van der Waals surface area contributed by atoms with E-state index in [4.69, 9.17) is 27.3 Å². The third-order valence-electron chi connectivity index (χ3n) is 3.08. The normalized spacial score (nSPS) is 11.7. The molecule has 0 aliphatic rings. The van der Waals surface area contributed by atoms with Gasteiger partial charge in [-0.25, -0.2) is 0 Å². The molecule has 0 aromatic heterocycles. The lowest BCUT2D eigenvalue weighted by Gasteiger charge is -2.14. The standard InChI is InChI=1S/C17H17ClN2O/c1-12(20)9-15-16(18)3-2-4-17(15)21-11-14-7-5-13(10-19)6-8-14/h2-8,12H,9,11,20H2,1H3. The van der Waals surface area contributed by atoms with Crippen molar-refractivity contribution in [3.05, 3.63) is 64.2 Å². The highest BCUT2D eigenvalue weighted by Crippen LogP contribution is 2.28. The van der Waals surface area contributed by atoms with Crippen molar-refractivity contribution in [3.63, 3.8) is 0 Å². The predicted molar refractivity (Wildman–Crippen MR) is 84.3 cm³/mol. The highest BCUT2D eigenvalue weighted by atomic mass is 35.5. The fourth-order valence-electron chi connectivity index (χ4n) is 2.03. The number of nitrogens with two attached hydrogens (primary N) is 1. The van der Waals surface area contributed by atoms with Gasteiger partial charge in [0.05, 0.1) is 11.6 Å². The van der Waals surface area contributed by atoms with Crippen LogP contribution >= 0.6 is 11.6 Å². The average molecular weight is 301 g/mol. The van der Waals surface area contributed by atoms with Gasteiger partial charge in [0.1, 0.15) is 12.4 Å². The van der Waals surface area contributed by atoms with Gasteiger partial charge in [-0.3, -0.25) is 0 Å². The van der Waals surface area contributed by atoms with Gasteiger partial charge in [-0.1, -0.05) is 29.8 Å². The molecule has 2 rings (SSSR count). The maximum Gasteiger partial charge on any atom is 0.124 e. The van der Waals surface area contributed by atoms with Crippen molar-refractivity contribution < 1.29 is 4.74 Å². The molecule has 3 nitrogen and oxygen atoms in total. The minimum Gasteiger partial charge on any atom is -0.489 e. The first kappa shape index (κ1) is 15.4. The molecule has 108 valence electrons. The smallest absolute Gasteiger partial charge is 0.124 e. The van der Waals surface area contributed by atoms with Gasteiger partial charge >= 0.3 is 0 Å². The molecule has 0 saturated heterocycles. The number of nitriles is 1. The minimum absolute atomic E-state index is 0.0159. The fraction of sp³-hybridized carbons (Fsp3) is 0.235. The Bertz CT molecular complexity index is 645. The summed E-state index contributed by atoms with van der Waals surface area (Å²) in [5.74, 6) is 0.754. The Morgan fingerprint density at radius 3 is 2.57 bits per heavy atom. The van der Waals surface area contributed by atoms with Crippen molar-refractivity contribution in [2.75, 3.05) is 0 Å². The molecular formula is C17H17ClN2O. The quantitative estimate of drug-likeness (QED) is 0.916. The first-order valence-electron chi connectivity index (χ1n) is 6.75. The molecular weight excluding hydrogens is 284 g/mol. The van der Waals surface area contributed by atoms with E-state index in [9.17, 15) is 0 Å². The second-order valence-electron chi connectivity index (χ2n) is 5.00. The molecule has 0 spiro atoms. The lowest BCUT2D eigenvalue weighted by molar-refractivity contribution is 0.302. The van der Waals surface area contributed by atoms with Crippen LogP contribution in [0.2, 0.25) is 5.02 Å². The molecule has 0 aliphatic carbocycles. The van der Waals surface area contributed by atoms with Gasteiger partial charge in [0.25, 0.3) is 0 Å². The molecule has 2 aromatic carbocycles. The zero-order valence-electron chi connectivity index (χ0n) is 11.8. The predicted octanol–water partition coefficient (Wildman–Crippen LogP) is 3.68. The van der Waals surface area contributed by atoms with Gasteiger partial charge in [0.2, 0.25) is 0 Å². The number of hydrogen-bond donors (Lipinski definition) is 1. The Kier molecular flexibility index (Phi) is 5.21. The van der Waals surface area contributed by atoms with E-state index in [1.807, 2.05) is 37.3 Å². The summed E-state index contributed by atoms with van der Waals surface area (Å²) in [6, 6.07) is 15.0. The van der Waals surface area contributed by atoms with E-state index < -0.39 is 0 Å². The van der Waals surface area contributed by atoms with Crippen LogP contribution in [0.15, 0.2) is 42.5 Å². The second kappa shape index (κ2) is 7.12. The molecule has 2 N–H and O–H groups in total. The second-order valence-corrected chi connectivity index (χ2v) is 5.40. The number of hydrogen-bond acceptors (Lipinski definition) is 3. The monoisotopic (exact) mass is 300 g/mol. The molecule has 0 fully saturated rings. The third kappa shape index (κ3) is 4.22. The Morgan fingerprint density at radius 1 is 1.24 bits per heavy atom. The van der Waals surface area contributed by atoms with Crippen molar-refractivity contribution in [1.29, 1.82) is 5.26 Å². The maximum absolute atomic E-state index is 8.78. The van der Waals surface area contributed by atoms with Crippen LogP contribution in [-0.4, -0.2) is 6.04 Å². The first-order chi connectivity index (χ1) is 10.1. The summed E-state index contributed by atoms with van der Waals surface area (Å²) in [5, 5.41) is 9.45. The highest BCUT2D eigenvalue weighted by Gasteiger charge is 2.10. The molecule has 1 unspecified atom stereocenters. The summed E-state index contributed by atoms with van der Waals surface area (Å²) < 4.78 is 5.86. The summed E-state index contributed by atoms with van der Waals surface area (Å²) in [5.41, 5.74) is 8.43. The van der Waals surface area contributed by atoms with Crippen LogP contribution < -0.4 is 10.5 Å². The van der Waals surface area contributed by atoms with Crippen LogP contribution in [0, 0.1) is 11.3 Å². The molecule has 0 saturated carbocycles. The number of nitrogens with zero attached hydrogens (tertiary/aromatic N) is 1. The van der Waals surface area contributed by atoms with Gasteiger partial charge in [-0.05, 0) is 43.2 Å². The third-order valence-corrected chi connectivity index (χ3v) is 3.43. The summed E-state index contributed by atoms with van der Waals surface area (Å²) in [4.78, 5) is 0. The van der Waals surface area contributed by atoms with Crippen LogP contribution in [0.3, 0.4) is 0 Å². The molecule has 21 heavy (non-hydrogen) atoms. The Balaban J connectivity index is 2.12. The molecule has 2 aromatic rings. The summed E-state index contributed by atoms with van der Waals surface area (Å²) in [6.07, 6.45) is 0.669. The maximum atomic E-state index is 8.78. The van der Waals surface area contributed by atoms with E-state index >= 15 is 0 Å². The van der Waals surface area contributed by atoms with E-state index in [1.54, 1.807) is 12.1 Å². The van der Waals surface area contributed by atoms with Gasteiger partial charge in [0, 0.05) is 16.6 Å². The van der Waals surface area contributed by atoms with Crippen molar-refractivity contribution in [2.45, 2.75) is 26.0 Å². The molecule has 0 amide bonds. The molecule has 0 aliphatic heterocycles. The number of halogens is 1. The lowest BCUT2D eigenvalue weighted by Crippen LogP contribution is -2.18. The largest absolute Gasteiger partial charge is 0.489 e. The van der Waals surface area contributed by atoms with Crippen LogP contribution in [0.25, 0.3) is 0 Å². The Morgan fingerprint density at radius 2 is 1.95 bits per heavy atom. The van der Waals surface area contributed by atoms with Crippen LogP contribution in [0.4, 0.5) is 0 Å². The van der Waals surface area contributed by atoms with Crippen molar-refractivity contribution >= 4 is 11.6 Å². The summed E-state index contributed by atoms with van der Waals surface area (Å²) in [7, 11) is 0. The van der Waals surface area contributed by atoms with Gasteiger partial charge in [-0.15, -0.1) is 0 Å². The summed E-state index contributed by atoms with van der Waals surface area (Å²) >= 11 is 6.22. The fourth-order valence-corrected chi connectivity index (χ4v) is 2.27.